The summed E-state index contributed by atoms with van der Waals surface area (Å²) in [5, 5.41) is 4.35. The molecule has 0 radical (unpaired) electrons. The van der Waals surface area contributed by atoms with Gasteiger partial charge in [-0.1, -0.05) is 0 Å². The molecule has 6 heteroatoms. The van der Waals surface area contributed by atoms with E-state index < -0.39 is 0 Å². The predicted molar refractivity (Wildman–Crippen MR) is 76.9 cm³/mol. The van der Waals surface area contributed by atoms with Gasteiger partial charge in [0, 0.05) is 13.7 Å². The van der Waals surface area contributed by atoms with Crippen LogP contribution in [0.15, 0.2) is 10.7 Å². The Hall–Kier alpha value is -0.430. The Morgan fingerprint density at radius 2 is 2.32 bits per heavy atom. The Kier molecular flexibility index (Phi) is 5.38. The minimum atomic E-state index is -0.152. The molecule has 1 aromatic rings. The number of hydrogen-bond donors (Lipinski definition) is 1. The molecule has 0 aliphatic heterocycles. The molecule has 1 aliphatic carbocycles. The second kappa shape index (κ2) is 6.83. The third kappa shape index (κ3) is 3.56. The largest absolute Gasteiger partial charge is 0.383 e. The van der Waals surface area contributed by atoms with Crippen LogP contribution in [0.4, 0.5) is 0 Å². The van der Waals surface area contributed by atoms with E-state index in [1.807, 2.05) is 11.6 Å². The van der Waals surface area contributed by atoms with Gasteiger partial charge in [-0.3, -0.25) is 4.68 Å². The Bertz CT molecular complexity index is 407. The summed E-state index contributed by atoms with van der Waals surface area (Å²) in [6.07, 6.45) is 4.30. The van der Waals surface area contributed by atoms with Crippen LogP contribution in [0.3, 0.4) is 0 Å². The molecule has 1 heterocycles. The Morgan fingerprint density at radius 3 is 2.89 bits per heavy atom. The van der Waals surface area contributed by atoms with Crippen molar-refractivity contribution in [1.29, 1.82) is 0 Å². The van der Waals surface area contributed by atoms with Crippen molar-refractivity contribution in [2.24, 2.45) is 11.7 Å². The molecule has 2 rings (SSSR count). The molecular formula is C13H22BrN3O2. The van der Waals surface area contributed by atoms with Crippen molar-refractivity contribution in [3.63, 3.8) is 0 Å². The summed E-state index contributed by atoms with van der Waals surface area (Å²) in [5.41, 5.74) is 7.43. The SMILES string of the molecule is CCOC(C1CC1)C(N)c1c(Br)cnn1CCOC. The van der Waals surface area contributed by atoms with E-state index >= 15 is 0 Å². The average Bonchev–Trinajstić information content (AvgIpc) is 3.17. The average molecular weight is 332 g/mol. The third-order valence-electron chi connectivity index (χ3n) is 3.46. The lowest BCUT2D eigenvalue weighted by Gasteiger charge is -2.25. The van der Waals surface area contributed by atoms with Crippen molar-refractivity contribution in [3.8, 4) is 0 Å². The van der Waals surface area contributed by atoms with Crippen LogP contribution in [0, 0.1) is 5.92 Å². The Morgan fingerprint density at radius 1 is 1.58 bits per heavy atom. The first-order valence-electron chi connectivity index (χ1n) is 6.76. The van der Waals surface area contributed by atoms with Crippen molar-refractivity contribution < 1.29 is 9.47 Å². The molecule has 108 valence electrons. The van der Waals surface area contributed by atoms with E-state index in [-0.39, 0.29) is 12.1 Å². The fourth-order valence-corrected chi connectivity index (χ4v) is 2.93. The Labute approximate surface area is 122 Å². The topological polar surface area (TPSA) is 62.3 Å². The molecule has 2 atom stereocenters. The minimum Gasteiger partial charge on any atom is -0.383 e. The molecule has 0 bridgehead atoms. The zero-order valence-corrected chi connectivity index (χ0v) is 13.1. The molecule has 0 amide bonds. The summed E-state index contributed by atoms with van der Waals surface area (Å²) in [6, 6.07) is -0.152. The summed E-state index contributed by atoms with van der Waals surface area (Å²) < 4.78 is 13.8. The fraction of sp³-hybridized carbons (Fsp3) is 0.769. The maximum atomic E-state index is 6.43. The highest BCUT2D eigenvalue weighted by Gasteiger charge is 2.38. The molecule has 5 nitrogen and oxygen atoms in total. The number of rotatable bonds is 8. The van der Waals surface area contributed by atoms with Gasteiger partial charge in [-0.05, 0) is 41.6 Å². The first-order valence-corrected chi connectivity index (χ1v) is 7.55. The van der Waals surface area contributed by atoms with Gasteiger partial charge in [0.25, 0.3) is 0 Å². The summed E-state index contributed by atoms with van der Waals surface area (Å²) in [4.78, 5) is 0. The second-order valence-corrected chi connectivity index (χ2v) is 5.73. The smallest absolute Gasteiger partial charge is 0.0811 e. The molecule has 0 spiro atoms. The maximum Gasteiger partial charge on any atom is 0.0811 e. The van der Waals surface area contributed by atoms with E-state index in [9.17, 15) is 0 Å². The quantitative estimate of drug-likeness (QED) is 0.792. The van der Waals surface area contributed by atoms with Crippen LogP contribution in [0.1, 0.15) is 31.5 Å². The van der Waals surface area contributed by atoms with Gasteiger partial charge in [-0.15, -0.1) is 0 Å². The van der Waals surface area contributed by atoms with Crippen molar-refractivity contribution in [1.82, 2.24) is 9.78 Å². The highest BCUT2D eigenvalue weighted by Crippen LogP contribution is 2.40. The molecule has 2 unspecified atom stereocenters. The van der Waals surface area contributed by atoms with E-state index in [1.54, 1.807) is 13.3 Å². The van der Waals surface area contributed by atoms with Gasteiger partial charge >= 0.3 is 0 Å². The number of hydrogen-bond acceptors (Lipinski definition) is 4. The van der Waals surface area contributed by atoms with Crippen molar-refractivity contribution >= 4 is 15.9 Å². The Balaban J connectivity index is 2.15. The number of ether oxygens (including phenoxy) is 2. The van der Waals surface area contributed by atoms with E-state index in [1.165, 1.54) is 12.8 Å². The molecule has 1 saturated carbocycles. The van der Waals surface area contributed by atoms with Crippen molar-refractivity contribution in [3.05, 3.63) is 16.4 Å². The molecule has 1 aliphatic rings. The van der Waals surface area contributed by atoms with E-state index in [0.717, 1.165) is 10.2 Å². The van der Waals surface area contributed by atoms with E-state index in [0.29, 0.717) is 25.7 Å². The molecular weight excluding hydrogens is 310 g/mol. The number of aromatic nitrogens is 2. The minimum absolute atomic E-state index is 0.0827. The molecule has 1 aromatic heterocycles. The fourth-order valence-electron chi connectivity index (χ4n) is 2.37. The van der Waals surface area contributed by atoms with Crippen LogP contribution in [-0.2, 0) is 16.0 Å². The molecule has 1 fully saturated rings. The molecule has 2 N–H and O–H groups in total. The highest BCUT2D eigenvalue weighted by molar-refractivity contribution is 9.10. The normalized spacial score (nSPS) is 18.5. The number of nitrogens with two attached hydrogens (primary N) is 1. The van der Waals surface area contributed by atoms with Crippen LogP contribution < -0.4 is 5.73 Å². The van der Waals surface area contributed by atoms with E-state index in [4.69, 9.17) is 15.2 Å². The standard InChI is InChI=1S/C13H22BrN3O2/c1-3-19-13(9-4-5-9)11(15)12-10(14)8-16-17(12)6-7-18-2/h8-9,11,13H,3-7,15H2,1-2H3. The lowest BCUT2D eigenvalue weighted by atomic mass is 10.0. The summed E-state index contributed by atoms with van der Waals surface area (Å²) >= 11 is 3.54. The monoisotopic (exact) mass is 331 g/mol. The maximum absolute atomic E-state index is 6.43. The van der Waals surface area contributed by atoms with Gasteiger partial charge < -0.3 is 15.2 Å². The number of methoxy groups -OCH3 is 1. The van der Waals surface area contributed by atoms with Crippen LogP contribution >= 0.6 is 15.9 Å². The predicted octanol–water partition coefficient (Wildman–Crippen LogP) is 2.11. The van der Waals surface area contributed by atoms with Gasteiger partial charge in [0.15, 0.2) is 0 Å². The van der Waals surface area contributed by atoms with Gasteiger partial charge in [-0.25, -0.2) is 0 Å². The van der Waals surface area contributed by atoms with Crippen molar-refractivity contribution in [2.75, 3.05) is 20.3 Å². The van der Waals surface area contributed by atoms with Gasteiger partial charge in [0.05, 0.1) is 41.7 Å². The van der Waals surface area contributed by atoms with Gasteiger partial charge in [0.2, 0.25) is 0 Å². The summed E-state index contributed by atoms with van der Waals surface area (Å²) in [5.74, 6) is 0.590. The summed E-state index contributed by atoms with van der Waals surface area (Å²) in [7, 11) is 1.69. The van der Waals surface area contributed by atoms with Crippen LogP contribution in [0.25, 0.3) is 0 Å². The van der Waals surface area contributed by atoms with Crippen molar-refractivity contribution in [2.45, 2.75) is 38.5 Å². The number of nitrogens with zero attached hydrogens (tertiary/aromatic N) is 2. The van der Waals surface area contributed by atoms with Crippen LogP contribution in [0.2, 0.25) is 0 Å². The zero-order valence-electron chi connectivity index (χ0n) is 11.5. The molecule has 0 aromatic carbocycles. The van der Waals surface area contributed by atoms with Gasteiger partial charge in [-0.2, -0.15) is 5.10 Å². The van der Waals surface area contributed by atoms with Crippen LogP contribution in [-0.4, -0.2) is 36.2 Å². The first kappa shape index (κ1) is 15.0. The lowest BCUT2D eigenvalue weighted by Crippen LogP contribution is -2.33. The molecule has 19 heavy (non-hydrogen) atoms. The lowest BCUT2D eigenvalue weighted by molar-refractivity contribution is 0.0258. The second-order valence-electron chi connectivity index (χ2n) is 4.88. The molecule has 0 saturated heterocycles. The van der Waals surface area contributed by atoms with E-state index in [2.05, 4.69) is 21.0 Å². The number of halogens is 1. The first-order chi connectivity index (χ1) is 9.19. The zero-order chi connectivity index (χ0) is 13.8. The van der Waals surface area contributed by atoms with Gasteiger partial charge in [0.1, 0.15) is 0 Å². The van der Waals surface area contributed by atoms with Crippen LogP contribution in [0.5, 0.6) is 0 Å². The highest BCUT2D eigenvalue weighted by atomic mass is 79.9. The third-order valence-corrected chi connectivity index (χ3v) is 4.07. The summed E-state index contributed by atoms with van der Waals surface area (Å²) in [6.45, 7) is 4.03.